The first-order chi connectivity index (χ1) is 11.9. The third-order valence-corrected chi connectivity index (χ3v) is 3.89. The van der Waals surface area contributed by atoms with Crippen molar-refractivity contribution in [3.05, 3.63) is 51.7 Å². The number of rotatable bonds is 6. The van der Waals surface area contributed by atoms with E-state index in [0.717, 1.165) is 0 Å². The van der Waals surface area contributed by atoms with Crippen molar-refractivity contribution in [3.8, 4) is 5.75 Å². The zero-order valence-electron chi connectivity index (χ0n) is 13.1. The summed E-state index contributed by atoms with van der Waals surface area (Å²) < 4.78 is 12.2. The Balaban J connectivity index is 1.75. The Morgan fingerprint density at radius 3 is 2.64 bits per heavy atom. The molecular formula is C16H14BrClN2O5. The van der Waals surface area contributed by atoms with Crippen LogP contribution in [0.2, 0.25) is 5.02 Å². The van der Waals surface area contributed by atoms with Crippen LogP contribution in [0.25, 0.3) is 0 Å². The Labute approximate surface area is 157 Å². The first-order valence-corrected chi connectivity index (χ1v) is 8.23. The fraction of sp³-hybridized carbons (Fsp3) is 0.188. The summed E-state index contributed by atoms with van der Waals surface area (Å²) in [5.41, 5.74) is 0.315. The van der Waals surface area contributed by atoms with Gasteiger partial charge in [-0.3, -0.25) is 14.9 Å². The summed E-state index contributed by atoms with van der Waals surface area (Å²) >= 11 is 9.05. The Hall–Kier alpha value is -2.32. The highest BCUT2D eigenvalue weighted by Gasteiger charge is 2.15. The molecule has 9 heteroatoms. The van der Waals surface area contributed by atoms with Crippen LogP contribution >= 0.6 is 27.5 Å². The molecule has 0 aliphatic rings. The van der Waals surface area contributed by atoms with E-state index >= 15 is 0 Å². The van der Waals surface area contributed by atoms with Gasteiger partial charge < -0.3 is 14.0 Å². The summed E-state index contributed by atoms with van der Waals surface area (Å²) in [5, 5.41) is 2.64. The van der Waals surface area contributed by atoms with E-state index in [1.807, 2.05) is 0 Å². The average Bonchev–Trinajstić information content (AvgIpc) is 2.98. The van der Waals surface area contributed by atoms with Gasteiger partial charge in [0.15, 0.2) is 13.2 Å². The van der Waals surface area contributed by atoms with Crippen LogP contribution in [0.15, 0.2) is 41.0 Å². The van der Waals surface area contributed by atoms with Crippen molar-refractivity contribution >= 4 is 45.3 Å². The Bertz CT molecular complexity index is 806. The first kappa shape index (κ1) is 19.0. The molecular weight excluding hydrogens is 416 g/mol. The van der Waals surface area contributed by atoms with Crippen LogP contribution in [0.1, 0.15) is 10.5 Å². The van der Waals surface area contributed by atoms with Crippen LogP contribution in [-0.4, -0.2) is 35.6 Å². The standard InChI is InChI=1S/C16H14BrClN2O5/c1-20-6-2-3-12(20)16(23)19-14(21)8-25-15(22)9-24-13-5-4-10(18)7-11(13)17/h2-7H,8-9H2,1H3,(H,19,21,23). The molecule has 0 atom stereocenters. The minimum Gasteiger partial charge on any atom is -0.481 e. The van der Waals surface area contributed by atoms with Crippen LogP contribution in [0.5, 0.6) is 5.75 Å². The SMILES string of the molecule is Cn1cccc1C(=O)NC(=O)COC(=O)COc1ccc(Cl)cc1Br. The lowest BCUT2D eigenvalue weighted by atomic mass is 10.3. The lowest BCUT2D eigenvalue weighted by molar-refractivity contribution is -0.150. The molecule has 132 valence electrons. The molecule has 0 aliphatic carbocycles. The van der Waals surface area contributed by atoms with Crippen LogP contribution < -0.4 is 10.1 Å². The number of aryl methyl sites for hydroxylation is 1. The topological polar surface area (TPSA) is 86.6 Å². The maximum atomic E-state index is 11.8. The molecule has 2 aromatic rings. The van der Waals surface area contributed by atoms with E-state index in [2.05, 4.69) is 21.2 Å². The predicted molar refractivity (Wildman–Crippen MR) is 93.5 cm³/mol. The monoisotopic (exact) mass is 428 g/mol. The number of halogens is 2. The van der Waals surface area contributed by atoms with E-state index in [1.165, 1.54) is 0 Å². The molecule has 0 aliphatic heterocycles. The predicted octanol–water partition coefficient (Wildman–Crippen LogP) is 2.32. The van der Waals surface area contributed by atoms with Gasteiger partial charge in [-0.25, -0.2) is 4.79 Å². The molecule has 0 radical (unpaired) electrons. The van der Waals surface area contributed by atoms with Crippen molar-refractivity contribution in [1.29, 1.82) is 0 Å². The van der Waals surface area contributed by atoms with E-state index in [0.29, 0.717) is 20.9 Å². The van der Waals surface area contributed by atoms with Gasteiger partial charge in [-0.2, -0.15) is 0 Å². The minimum absolute atomic E-state index is 0.315. The van der Waals surface area contributed by atoms with E-state index in [-0.39, 0.29) is 6.61 Å². The van der Waals surface area contributed by atoms with Gasteiger partial charge in [0.2, 0.25) is 0 Å². The third kappa shape index (κ3) is 5.61. The number of nitrogens with zero attached hydrogens (tertiary/aromatic N) is 1. The average molecular weight is 430 g/mol. The number of benzene rings is 1. The van der Waals surface area contributed by atoms with E-state index < -0.39 is 24.4 Å². The Kier molecular flexibility index (Phi) is 6.60. The normalized spacial score (nSPS) is 10.2. The molecule has 0 fully saturated rings. The number of hydrogen-bond acceptors (Lipinski definition) is 5. The molecule has 0 bridgehead atoms. The summed E-state index contributed by atoms with van der Waals surface area (Å²) in [6.45, 7) is -0.973. The maximum absolute atomic E-state index is 11.8. The number of imide groups is 1. The summed E-state index contributed by atoms with van der Waals surface area (Å²) in [7, 11) is 1.67. The van der Waals surface area contributed by atoms with Gasteiger partial charge in [-0.05, 0) is 46.3 Å². The number of aromatic nitrogens is 1. The lowest BCUT2D eigenvalue weighted by Gasteiger charge is -2.09. The second-order valence-electron chi connectivity index (χ2n) is 4.91. The smallest absolute Gasteiger partial charge is 0.344 e. The van der Waals surface area contributed by atoms with Crippen LogP contribution in [-0.2, 0) is 21.4 Å². The summed E-state index contributed by atoms with van der Waals surface area (Å²) in [6.07, 6.45) is 1.67. The van der Waals surface area contributed by atoms with E-state index in [4.69, 9.17) is 21.1 Å². The molecule has 2 rings (SSSR count). The fourth-order valence-electron chi connectivity index (χ4n) is 1.84. The molecule has 1 heterocycles. The second-order valence-corrected chi connectivity index (χ2v) is 6.20. The zero-order valence-corrected chi connectivity index (χ0v) is 15.5. The largest absolute Gasteiger partial charge is 0.481 e. The number of nitrogens with one attached hydrogen (secondary N) is 1. The molecule has 1 N–H and O–H groups in total. The van der Waals surface area contributed by atoms with Gasteiger partial charge in [-0.1, -0.05) is 11.6 Å². The van der Waals surface area contributed by atoms with Gasteiger partial charge in [0, 0.05) is 18.3 Å². The number of amides is 2. The van der Waals surface area contributed by atoms with Crippen molar-refractivity contribution in [2.75, 3.05) is 13.2 Å². The number of esters is 1. The molecule has 7 nitrogen and oxygen atoms in total. The van der Waals surface area contributed by atoms with Crippen LogP contribution in [0.4, 0.5) is 0 Å². The molecule has 0 saturated carbocycles. The Morgan fingerprint density at radius 1 is 1.24 bits per heavy atom. The van der Waals surface area contributed by atoms with Gasteiger partial charge in [0.1, 0.15) is 11.4 Å². The molecule has 0 unspecified atom stereocenters. The van der Waals surface area contributed by atoms with Crippen molar-refractivity contribution in [1.82, 2.24) is 9.88 Å². The molecule has 0 saturated heterocycles. The first-order valence-electron chi connectivity index (χ1n) is 7.06. The van der Waals surface area contributed by atoms with Crippen LogP contribution in [0, 0.1) is 0 Å². The van der Waals surface area contributed by atoms with E-state index in [1.54, 1.807) is 48.1 Å². The molecule has 1 aromatic heterocycles. The minimum atomic E-state index is -0.747. The van der Waals surface area contributed by atoms with E-state index in [9.17, 15) is 14.4 Å². The molecule has 0 spiro atoms. The number of carbonyl (C=O) groups excluding carboxylic acids is 3. The summed E-state index contributed by atoms with van der Waals surface area (Å²) in [4.78, 5) is 35.1. The number of hydrogen-bond donors (Lipinski definition) is 1. The van der Waals surface area contributed by atoms with Crippen molar-refractivity contribution < 1.29 is 23.9 Å². The van der Waals surface area contributed by atoms with Gasteiger partial charge >= 0.3 is 5.97 Å². The maximum Gasteiger partial charge on any atom is 0.344 e. The van der Waals surface area contributed by atoms with Crippen LogP contribution in [0.3, 0.4) is 0 Å². The van der Waals surface area contributed by atoms with Crippen molar-refractivity contribution in [2.24, 2.45) is 7.05 Å². The fourth-order valence-corrected chi connectivity index (χ4v) is 2.64. The highest BCUT2D eigenvalue weighted by Crippen LogP contribution is 2.27. The third-order valence-electron chi connectivity index (χ3n) is 3.03. The van der Waals surface area contributed by atoms with Crippen molar-refractivity contribution in [3.63, 3.8) is 0 Å². The van der Waals surface area contributed by atoms with Gasteiger partial charge in [0.25, 0.3) is 11.8 Å². The summed E-state index contributed by atoms with van der Waals surface area (Å²) in [5.74, 6) is -1.64. The molecule has 2 amide bonds. The molecule has 25 heavy (non-hydrogen) atoms. The lowest BCUT2D eigenvalue weighted by Crippen LogP contribution is -2.35. The van der Waals surface area contributed by atoms with Gasteiger partial charge in [-0.15, -0.1) is 0 Å². The summed E-state index contributed by atoms with van der Waals surface area (Å²) in [6, 6.07) is 8.05. The quantitative estimate of drug-likeness (QED) is 0.712. The number of carbonyl (C=O) groups is 3. The van der Waals surface area contributed by atoms with Gasteiger partial charge in [0.05, 0.1) is 4.47 Å². The second kappa shape index (κ2) is 8.68. The Morgan fingerprint density at radius 2 is 2.00 bits per heavy atom. The highest BCUT2D eigenvalue weighted by atomic mass is 79.9. The molecule has 1 aromatic carbocycles. The zero-order chi connectivity index (χ0) is 18.4. The van der Waals surface area contributed by atoms with Crippen molar-refractivity contribution in [2.45, 2.75) is 0 Å². The highest BCUT2D eigenvalue weighted by molar-refractivity contribution is 9.10. The number of ether oxygens (including phenoxy) is 2.